The highest BCUT2D eigenvalue weighted by molar-refractivity contribution is 5.10. The number of aryl methyl sites for hydroxylation is 1. The zero-order chi connectivity index (χ0) is 13.6. The van der Waals surface area contributed by atoms with E-state index in [9.17, 15) is 0 Å². The molecule has 1 unspecified atom stereocenters. The molecule has 0 amide bonds. The van der Waals surface area contributed by atoms with Crippen molar-refractivity contribution in [3.05, 3.63) is 11.9 Å². The normalized spacial score (nSPS) is 13.8. The zero-order valence-corrected chi connectivity index (χ0v) is 12.5. The van der Waals surface area contributed by atoms with Crippen molar-refractivity contribution in [1.29, 1.82) is 0 Å². The highest BCUT2D eigenvalue weighted by atomic mass is 15.4. The third-order valence-corrected chi connectivity index (χ3v) is 3.31. The van der Waals surface area contributed by atoms with Gasteiger partial charge < -0.3 is 5.32 Å². The summed E-state index contributed by atoms with van der Waals surface area (Å²) in [7, 11) is 0. The topological polar surface area (TPSA) is 42.7 Å². The second-order valence-corrected chi connectivity index (χ2v) is 5.79. The van der Waals surface area contributed by atoms with Crippen molar-refractivity contribution < 1.29 is 0 Å². The van der Waals surface area contributed by atoms with Gasteiger partial charge >= 0.3 is 0 Å². The molecule has 1 aromatic rings. The van der Waals surface area contributed by atoms with Crippen LogP contribution in [0, 0.1) is 0 Å². The predicted octanol–water partition coefficient (Wildman–Crippen LogP) is 2.74. The number of hydrogen-bond acceptors (Lipinski definition) is 3. The summed E-state index contributed by atoms with van der Waals surface area (Å²) in [6.45, 7) is 13.2. The molecule has 4 heteroatoms. The summed E-state index contributed by atoms with van der Waals surface area (Å²) in [6.07, 6.45) is 5.29. The molecule has 0 fully saturated rings. The molecule has 4 nitrogen and oxygen atoms in total. The van der Waals surface area contributed by atoms with Crippen molar-refractivity contribution in [2.75, 3.05) is 6.54 Å². The molecule has 0 aliphatic heterocycles. The second-order valence-electron chi connectivity index (χ2n) is 5.79. The van der Waals surface area contributed by atoms with E-state index in [1.54, 1.807) is 0 Å². The molecule has 1 rings (SSSR count). The van der Waals surface area contributed by atoms with E-state index in [-0.39, 0.29) is 5.41 Å². The minimum atomic E-state index is 0.110. The van der Waals surface area contributed by atoms with Crippen LogP contribution in [-0.4, -0.2) is 27.6 Å². The monoisotopic (exact) mass is 252 g/mol. The van der Waals surface area contributed by atoms with Gasteiger partial charge in [-0.3, -0.25) is 0 Å². The SMILES string of the molecule is CCCNC(C)CC(C)(C)c1cnnn1CCC. The van der Waals surface area contributed by atoms with Crippen molar-refractivity contribution in [3.8, 4) is 0 Å². The van der Waals surface area contributed by atoms with Gasteiger partial charge in [-0.25, -0.2) is 4.68 Å². The van der Waals surface area contributed by atoms with E-state index in [1.165, 1.54) is 12.1 Å². The van der Waals surface area contributed by atoms with E-state index in [0.717, 1.165) is 25.9 Å². The Kier molecular flexibility index (Phi) is 5.79. The Morgan fingerprint density at radius 3 is 2.67 bits per heavy atom. The van der Waals surface area contributed by atoms with E-state index in [4.69, 9.17) is 0 Å². The molecule has 0 saturated carbocycles. The van der Waals surface area contributed by atoms with Gasteiger partial charge in [0, 0.05) is 18.0 Å². The predicted molar refractivity (Wildman–Crippen MR) is 75.7 cm³/mol. The highest BCUT2D eigenvalue weighted by Crippen LogP contribution is 2.27. The van der Waals surface area contributed by atoms with E-state index in [0.29, 0.717) is 6.04 Å². The summed E-state index contributed by atoms with van der Waals surface area (Å²) in [6, 6.07) is 0.518. The first-order valence-electron chi connectivity index (χ1n) is 7.13. The molecule has 0 aromatic carbocycles. The lowest BCUT2D eigenvalue weighted by molar-refractivity contribution is 0.362. The van der Waals surface area contributed by atoms with Gasteiger partial charge in [0.1, 0.15) is 0 Å². The third-order valence-electron chi connectivity index (χ3n) is 3.31. The van der Waals surface area contributed by atoms with Crippen LogP contribution in [0.15, 0.2) is 6.20 Å². The van der Waals surface area contributed by atoms with Crippen molar-refractivity contribution in [2.24, 2.45) is 0 Å². The molecule has 0 aliphatic rings. The fourth-order valence-corrected chi connectivity index (χ4v) is 2.49. The highest BCUT2D eigenvalue weighted by Gasteiger charge is 2.27. The number of nitrogens with one attached hydrogen (secondary N) is 1. The Labute approximate surface area is 111 Å². The molecular formula is C14H28N4. The van der Waals surface area contributed by atoms with Crippen LogP contribution in [0.4, 0.5) is 0 Å². The van der Waals surface area contributed by atoms with Crippen LogP contribution in [0.25, 0.3) is 0 Å². The summed E-state index contributed by atoms with van der Waals surface area (Å²) in [5.74, 6) is 0. The molecule has 18 heavy (non-hydrogen) atoms. The Balaban J connectivity index is 2.69. The average molecular weight is 252 g/mol. The van der Waals surface area contributed by atoms with Gasteiger partial charge in [-0.05, 0) is 32.7 Å². The Morgan fingerprint density at radius 1 is 1.33 bits per heavy atom. The number of aromatic nitrogens is 3. The average Bonchev–Trinajstić information content (AvgIpc) is 2.75. The number of rotatable bonds is 8. The molecule has 0 spiro atoms. The first kappa shape index (κ1) is 15.2. The van der Waals surface area contributed by atoms with Crippen molar-refractivity contribution >= 4 is 0 Å². The largest absolute Gasteiger partial charge is 0.314 e. The Hall–Kier alpha value is -0.900. The summed E-state index contributed by atoms with van der Waals surface area (Å²) >= 11 is 0. The van der Waals surface area contributed by atoms with Gasteiger partial charge in [0.15, 0.2) is 0 Å². The molecular weight excluding hydrogens is 224 g/mol. The van der Waals surface area contributed by atoms with Crippen LogP contribution in [-0.2, 0) is 12.0 Å². The minimum absolute atomic E-state index is 0.110. The summed E-state index contributed by atoms with van der Waals surface area (Å²) in [4.78, 5) is 0. The molecule has 0 saturated heterocycles. The lowest BCUT2D eigenvalue weighted by atomic mass is 9.83. The molecule has 0 radical (unpaired) electrons. The van der Waals surface area contributed by atoms with Gasteiger partial charge in [-0.15, -0.1) is 5.10 Å². The van der Waals surface area contributed by atoms with Crippen LogP contribution in [0.5, 0.6) is 0 Å². The molecule has 1 heterocycles. The lowest BCUT2D eigenvalue weighted by Crippen LogP contribution is -2.35. The standard InChI is InChI=1S/C14H28N4/c1-6-8-15-12(3)10-14(4,5)13-11-16-17-18(13)9-7-2/h11-12,15H,6-10H2,1-5H3. The van der Waals surface area contributed by atoms with Gasteiger partial charge in [-0.1, -0.05) is 32.9 Å². The van der Waals surface area contributed by atoms with Gasteiger partial charge in [0.05, 0.1) is 11.9 Å². The van der Waals surface area contributed by atoms with E-state index < -0.39 is 0 Å². The number of hydrogen-bond donors (Lipinski definition) is 1. The summed E-state index contributed by atoms with van der Waals surface area (Å²) in [5.41, 5.74) is 1.35. The quantitative estimate of drug-likeness (QED) is 0.773. The van der Waals surface area contributed by atoms with Crippen LogP contribution < -0.4 is 5.32 Å². The fourth-order valence-electron chi connectivity index (χ4n) is 2.49. The van der Waals surface area contributed by atoms with Crippen molar-refractivity contribution in [3.63, 3.8) is 0 Å². The van der Waals surface area contributed by atoms with Crippen LogP contribution in [0.3, 0.4) is 0 Å². The minimum Gasteiger partial charge on any atom is -0.314 e. The lowest BCUT2D eigenvalue weighted by Gasteiger charge is -2.28. The van der Waals surface area contributed by atoms with Crippen LogP contribution in [0.1, 0.15) is 59.6 Å². The van der Waals surface area contributed by atoms with E-state index >= 15 is 0 Å². The molecule has 1 atom stereocenters. The third kappa shape index (κ3) is 4.09. The van der Waals surface area contributed by atoms with Crippen LogP contribution >= 0.6 is 0 Å². The van der Waals surface area contributed by atoms with Gasteiger partial charge in [0.25, 0.3) is 0 Å². The second kappa shape index (κ2) is 6.88. The van der Waals surface area contributed by atoms with Gasteiger partial charge in [-0.2, -0.15) is 0 Å². The molecule has 1 N–H and O–H groups in total. The van der Waals surface area contributed by atoms with Crippen molar-refractivity contribution in [1.82, 2.24) is 20.3 Å². The molecule has 1 aromatic heterocycles. The summed E-state index contributed by atoms with van der Waals surface area (Å²) < 4.78 is 2.05. The maximum atomic E-state index is 4.19. The first-order valence-corrected chi connectivity index (χ1v) is 7.13. The van der Waals surface area contributed by atoms with Crippen molar-refractivity contribution in [2.45, 2.75) is 71.9 Å². The Bertz CT molecular complexity index is 343. The van der Waals surface area contributed by atoms with Crippen LogP contribution in [0.2, 0.25) is 0 Å². The smallest absolute Gasteiger partial charge is 0.0730 e. The maximum Gasteiger partial charge on any atom is 0.0730 e. The Morgan fingerprint density at radius 2 is 2.06 bits per heavy atom. The maximum absolute atomic E-state index is 4.19. The molecule has 104 valence electrons. The molecule has 0 aliphatic carbocycles. The summed E-state index contributed by atoms with van der Waals surface area (Å²) in [5, 5.41) is 11.8. The first-order chi connectivity index (χ1) is 8.51. The molecule has 0 bridgehead atoms. The van der Waals surface area contributed by atoms with E-state index in [1.807, 2.05) is 10.9 Å². The van der Waals surface area contributed by atoms with Gasteiger partial charge in [0.2, 0.25) is 0 Å². The van der Waals surface area contributed by atoms with E-state index in [2.05, 4.69) is 50.2 Å². The number of nitrogens with zero attached hydrogens (tertiary/aromatic N) is 3. The fraction of sp³-hybridized carbons (Fsp3) is 0.857. The zero-order valence-electron chi connectivity index (χ0n) is 12.5.